The molecule has 1 aliphatic carbocycles. The number of fused-ring (bicyclic) bond motifs is 1. The van der Waals surface area contributed by atoms with E-state index in [4.69, 9.17) is 0 Å². The molecular formula is C27H24N4O3. The number of nitrogens with zero attached hydrogens (tertiary/aromatic N) is 2. The summed E-state index contributed by atoms with van der Waals surface area (Å²) in [4.78, 5) is 40.1. The van der Waals surface area contributed by atoms with Gasteiger partial charge in [-0.1, -0.05) is 78.9 Å². The fourth-order valence-corrected chi connectivity index (χ4v) is 4.24. The van der Waals surface area contributed by atoms with Gasteiger partial charge in [0, 0.05) is 22.7 Å². The molecule has 7 heteroatoms. The van der Waals surface area contributed by atoms with Gasteiger partial charge in [0.25, 0.3) is 11.8 Å². The molecule has 0 radical (unpaired) electrons. The van der Waals surface area contributed by atoms with Gasteiger partial charge < -0.3 is 10.2 Å². The van der Waals surface area contributed by atoms with Crippen molar-refractivity contribution in [1.29, 1.82) is 0 Å². The van der Waals surface area contributed by atoms with E-state index < -0.39 is 11.9 Å². The third-order valence-corrected chi connectivity index (χ3v) is 6.00. The van der Waals surface area contributed by atoms with E-state index in [1.54, 1.807) is 23.1 Å². The van der Waals surface area contributed by atoms with Crippen LogP contribution < -0.4 is 10.7 Å². The highest BCUT2D eigenvalue weighted by molar-refractivity contribution is 6.13. The van der Waals surface area contributed by atoms with Gasteiger partial charge in [0.05, 0.1) is 12.3 Å². The SMILES string of the molecule is O=C(CNC(=O)C1c2ccccc2C(=O)N1C1CC1)NN=C(c1ccccc1)c1ccccc1. The standard InChI is InChI=1S/C27H24N4O3/c32-23(29-30-24(18-9-3-1-4-10-18)19-11-5-2-6-12-19)17-28-26(33)25-21-13-7-8-14-22(21)27(34)31(25)20-15-16-20/h1-14,20,25H,15-17H2,(H,28,33)(H,29,32). The highest BCUT2D eigenvalue weighted by atomic mass is 16.2. The first-order valence-corrected chi connectivity index (χ1v) is 11.3. The molecule has 1 aliphatic heterocycles. The second-order valence-electron chi connectivity index (χ2n) is 8.38. The Morgan fingerprint density at radius 1 is 0.853 bits per heavy atom. The van der Waals surface area contributed by atoms with Crippen LogP contribution in [0, 0.1) is 0 Å². The van der Waals surface area contributed by atoms with Crippen LogP contribution in [0.5, 0.6) is 0 Å². The van der Waals surface area contributed by atoms with Crippen molar-refractivity contribution in [2.45, 2.75) is 24.9 Å². The first-order valence-electron chi connectivity index (χ1n) is 11.3. The van der Waals surface area contributed by atoms with Crippen molar-refractivity contribution in [2.75, 3.05) is 6.54 Å². The topological polar surface area (TPSA) is 90.9 Å². The molecule has 7 nitrogen and oxygen atoms in total. The molecule has 0 spiro atoms. The lowest BCUT2D eigenvalue weighted by molar-refractivity contribution is -0.129. The van der Waals surface area contributed by atoms with Gasteiger partial charge in [0.2, 0.25) is 5.91 Å². The van der Waals surface area contributed by atoms with E-state index >= 15 is 0 Å². The summed E-state index contributed by atoms with van der Waals surface area (Å²) in [7, 11) is 0. The van der Waals surface area contributed by atoms with Gasteiger partial charge in [-0.25, -0.2) is 5.43 Å². The van der Waals surface area contributed by atoms with E-state index in [0.29, 0.717) is 16.8 Å². The second kappa shape index (κ2) is 9.31. The Bertz CT molecular complexity index is 1210. The van der Waals surface area contributed by atoms with E-state index in [2.05, 4.69) is 15.8 Å². The fraction of sp³-hybridized carbons (Fsp3) is 0.185. The molecule has 0 aromatic heterocycles. The molecule has 0 bridgehead atoms. The molecule has 170 valence electrons. The van der Waals surface area contributed by atoms with Crippen molar-refractivity contribution in [3.8, 4) is 0 Å². The summed E-state index contributed by atoms with van der Waals surface area (Å²) < 4.78 is 0. The number of carbonyl (C=O) groups excluding carboxylic acids is 3. The summed E-state index contributed by atoms with van der Waals surface area (Å²) >= 11 is 0. The first kappa shape index (κ1) is 21.6. The smallest absolute Gasteiger partial charge is 0.259 e. The van der Waals surface area contributed by atoms with Gasteiger partial charge in [-0.15, -0.1) is 0 Å². The summed E-state index contributed by atoms with van der Waals surface area (Å²) in [6, 6.07) is 25.6. The van der Waals surface area contributed by atoms with Crippen molar-refractivity contribution < 1.29 is 14.4 Å². The number of nitrogens with one attached hydrogen (secondary N) is 2. The van der Waals surface area contributed by atoms with Crippen LogP contribution in [0.25, 0.3) is 0 Å². The Morgan fingerprint density at radius 3 is 2.06 bits per heavy atom. The zero-order chi connectivity index (χ0) is 23.5. The summed E-state index contributed by atoms with van der Waals surface area (Å²) in [5.74, 6) is -0.938. The second-order valence-corrected chi connectivity index (χ2v) is 8.38. The van der Waals surface area contributed by atoms with Gasteiger partial charge in [-0.2, -0.15) is 5.10 Å². The van der Waals surface area contributed by atoms with Crippen molar-refractivity contribution in [2.24, 2.45) is 5.10 Å². The van der Waals surface area contributed by atoms with Crippen LogP contribution in [-0.2, 0) is 9.59 Å². The van der Waals surface area contributed by atoms with Gasteiger partial charge in [0.1, 0.15) is 6.04 Å². The number of amides is 3. The lowest BCUT2D eigenvalue weighted by Crippen LogP contribution is -2.43. The van der Waals surface area contributed by atoms with E-state index in [0.717, 1.165) is 24.0 Å². The van der Waals surface area contributed by atoms with Crippen LogP contribution in [0.2, 0.25) is 0 Å². The summed E-state index contributed by atoms with van der Waals surface area (Å²) in [5, 5.41) is 7.03. The fourth-order valence-electron chi connectivity index (χ4n) is 4.24. The van der Waals surface area contributed by atoms with E-state index in [1.807, 2.05) is 66.7 Å². The van der Waals surface area contributed by atoms with Crippen molar-refractivity contribution in [3.63, 3.8) is 0 Å². The maximum absolute atomic E-state index is 13.1. The zero-order valence-electron chi connectivity index (χ0n) is 18.5. The molecule has 1 heterocycles. The maximum Gasteiger partial charge on any atom is 0.259 e. The van der Waals surface area contributed by atoms with Crippen LogP contribution in [0.4, 0.5) is 0 Å². The van der Waals surface area contributed by atoms with Crippen molar-refractivity contribution in [3.05, 3.63) is 107 Å². The van der Waals surface area contributed by atoms with Gasteiger partial charge >= 0.3 is 0 Å². The molecule has 3 aromatic carbocycles. The number of carbonyl (C=O) groups is 3. The lowest BCUT2D eigenvalue weighted by Gasteiger charge is -2.24. The highest BCUT2D eigenvalue weighted by Crippen LogP contribution is 2.41. The maximum atomic E-state index is 13.1. The lowest BCUT2D eigenvalue weighted by atomic mass is 10.0. The molecule has 1 unspecified atom stereocenters. The Labute approximate surface area is 197 Å². The van der Waals surface area contributed by atoms with Crippen LogP contribution in [0.3, 0.4) is 0 Å². The van der Waals surface area contributed by atoms with E-state index in [1.165, 1.54) is 0 Å². The molecule has 3 aromatic rings. The molecule has 1 fully saturated rings. The summed E-state index contributed by atoms with van der Waals surface area (Å²) in [6.07, 6.45) is 1.78. The number of hydrazone groups is 1. The largest absolute Gasteiger partial charge is 0.345 e. The minimum absolute atomic E-state index is 0.0772. The molecule has 0 saturated heterocycles. The van der Waals surface area contributed by atoms with Crippen LogP contribution in [0.15, 0.2) is 90.0 Å². The van der Waals surface area contributed by atoms with Crippen molar-refractivity contribution >= 4 is 23.4 Å². The number of rotatable bonds is 7. The first-order chi connectivity index (χ1) is 16.6. The Morgan fingerprint density at radius 2 is 1.44 bits per heavy atom. The third-order valence-electron chi connectivity index (χ3n) is 6.00. The molecule has 34 heavy (non-hydrogen) atoms. The Balaban J connectivity index is 1.28. The molecule has 3 amide bonds. The van der Waals surface area contributed by atoms with E-state index in [9.17, 15) is 14.4 Å². The highest BCUT2D eigenvalue weighted by Gasteiger charge is 2.47. The molecule has 1 saturated carbocycles. The zero-order valence-corrected chi connectivity index (χ0v) is 18.5. The Hall–Kier alpha value is -4.26. The normalized spacial score (nSPS) is 16.5. The van der Waals surface area contributed by atoms with E-state index in [-0.39, 0.29) is 24.4 Å². The molecular weight excluding hydrogens is 428 g/mol. The summed E-state index contributed by atoms with van der Waals surface area (Å²) in [6.45, 7) is -0.245. The predicted molar refractivity (Wildman–Crippen MR) is 128 cm³/mol. The predicted octanol–water partition coefficient (Wildman–Crippen LogP) is 3.03. The van der Waals surface area contributed by atoms with Gasteiger partial charge in [-0.05, 0) is 24.5 Å². The van der Waals surface area contributed by atoms with Crippen LogP contribution in [0.1, 0.15) is 45.9 Å². The monoisotopic (exact) mass is 452 g/mol. The third kappa shape index (κ3) is 4.32. The van der Waals surface area contributed by atoms with Crippen LogP contribution in [-0.4, -0.2) is 40.9 Å². The minimum atomic E-state index is -0.711. The molecule has 5 rings (SSSR count). The average molecular weight is 453 g/mol. The van der Waals surface area contributed by atoms with Crippen LogP contribution >= 0.6 is 0 Å². The number of benzene rings is 3. The van der Waals surface area contributed by atoms with Gasteiger partial charge in [0.15, 0.2) is 0 Å². The molecule has 1 atom stereocenters. The summed E-state index contributed by atoms with van der Waals surface area (Å²) in [5.41, 5.74) is 6.14. The van der Waals surface area contributed by atoms with Crippen molar-refractivity contribution in [1.82, 2.24) is 15.6 Å². The average Bonchev–Trinajstić information content (AvgIpc) is 3.67. The Kier molecular flexibility index (Phi) is 5.91. The number of hydrogen-bond acceptors (Lipinski definition) is 4. The quantitative estimate of drug-likeness (QED) is 0.427. The number of hydrogen-bond donors (Lipinski definition) is 2. The molecule has 2 N–H and O–H groups in total. The van der Waals surface area contributed by atoms with Gasteiger partial charge in [-0.3, -0.25) is 14.4 Å². The minimum Gasteiger partial charge on any atom is -0.345 e. The molecule has 2 aliphatic rings.